The van der Waals surface area contributed by atoms with Crippen LogP contribution in [0.2, 0.25) is 0 Å². The molecule has 4 heteroatoms. The van der Waals surface area contributed by atoms with Gasteiger partial charge in [0.15, 0.2) is 0 Å². The fourth-order valence-corrected chi connectivity index (χ4v) is 1.69. The number of hydrogen-bond acceptors (Lipinski definition) is 0. The Hall–Kier alpha value is 1.06. The van der Waals surface area contributed by atoms with E-state index >= 15 is 0 Å². The molecule has 0 aromatic heterocycles. The molecule has 0 saturated heterocycles. The Morgan fingerprint density at radius 2 is 1.62 bits per heavy atom. The van der Waals surface area contributed by atoms with Gasteiger partial charge in [-0.25, -0.2) is 0 Å². The Balaban J connectivity index is -0.000000250. The zero-order chi connectivity index (χ0) is 6.10. The van der Waals surface area contributed by atoms with Crippen LogP contribution in [-0.4, -0.2) is 0 Å². The van der Waals surface area contributed by atoms with Crippen molar-refractivity contribution >= 4 is 0 Å². The van der Waals surface area contributed by atoms with Crippen LogP contribution < -0.4 is 37.2 Å². The van der Waals surface area contributed by atoms with Gasteiger partial charge in [0.05, 0.1) is 0 Å². The fraction of sp³-hybridized carbons (Fsp3) is 0.444. The second kappa shape index (κ2) is 9.61. The van der Waals surface area contributed by atoms with Gasteiger partial charge in [0, 0.05) is 0 Å². The van der Waals surface area contributed by atoms with E-state index in [2.05, 4.69) is 30.7 Å². The summed E-state index contributed by atoms with van der Waals surface area (Å²) in [5, 5.41) is 0. The summed E-state index contributed by atoms with van der Waals surface area (Å²) in [6, 6.07) is 0. The molecule has 0 N–H and O–H groups in total. The standard InChI is InChI=1S/C9H11.3ClH.Ti/c1-2-5-9-7-3-6-8(9)4-1;;;;/h1-2,4-6,8-9H,3,7H2;3*1H;/q-1;;;;+4/p-3. The minimum absolute atomic E-state index is 0. The van der Waals surface area contributed by atoms with Crippen molar-refractivity contribution in [3.05, 3.63) is 30.7 Å². The van der Waals surface area contributed by atoms with E-state index in [4.69, 9.17) is 0 Å². The number of fused-ring (bicyclic) bond motifs is 1. The van der Waals surface area contributed by atoms with Crippen LogP contribution in [-0.2, 0) is 21.7 Å². The number of rotatable bonds is 0. The average Bonchev–Trinajstić information content (AvgIpc) is 2.33. The van der Waals surface area contributed by atoms with Crippen LogP contribution >= 0.6 is 0 Å². The number of hydrogen-bond donors (Lipinski definition) is 0. The molecule has 13 heavy (non-hydrogen) atoms. The summed E-state index contributed by atoms with van der Waals surface area (Å²) in [6.07, 6.45) is 14.1. The van der Waals surface area contributed by atoms with Gasteiger partial charge in [0.2, 0.25) is 0 Å². The maximum atomic E-state index is 2.42. The molecule has 2 atom stereocenters. The van der Waals surface area contributed by atoms with Gasteiger partial charge in [0.25, 0.3) is 0 Å². The topological polar surface area (TPSA) is 0 Å². The molecule has 2 unspecified atom stereocenters. The Morgan fingerprint density at radius 3 is 2.23 bits per heavy atom. The Morgan fingerprint density at radius 1 is 1.00 bits per heavy atom. The minimum Gasteiger partial charge on any atom is -1.00 e. The summed E-state index contributed by atoms with van der Waals surface area (Å²) in [5.74, 6) is 1.62. The van der Waals surface area contributed by atoms with Crippen molar-refractivity contribution in [3.63, 3.8) is 0 Å². The number of halogens is 3. The molecule has 0 aromatic rings. The van der Waals surface area contributed by atoms with Crippen LogP contribution in [0, 0.1) is 18.3 Å². The van der Waals surface area contributed by atoms with Crippen molar-refractivity contribution in [1.82, 2.24) is 0 Å². The normalized spacial score (nSPS) is 27.1. The average molecular weight is 273 g/mol. The van der Waals surface area contributed by atoms with Gasteiger partial charge in [-0.1, -0.05) is 24.6 Å². The molecule has 0 nitrogen and oxygen atoms in total. The van der Waals surface area contributed by atoms with Crippen LogP contribution in [0.3, 0.4) is 0 Å². The first-order chi connectivity index (χ1) is 4.47. The summed E-state index contributed by atoms with van der Waals surface area (Å²) in [5.41, 5.74) is 0. The van der Waals surface area contributed by atoms with Gasteiger partial charge in [0.1, 0.15) is 0 Å². The minimum atomic E-state index is 0. The van der Waals surface area contributed by atoms with Gasteiger partial charge in [-0.3, -0.25) is 0 Å². The second-order valence-electron chi connectivity index (χ2n) is 2.82. The van der Waals surface area contributed by atoms with Gasteiger partial charge < -0.3 is 43.6 Å². The molecule has 1 saturated carbocycles. The molecular formula is C9H11Cl3Ti. The van der Waals surface area contributed by atoms with Gasteiger partial charge in [-0.05, 0) is 5.92 Å². The maximum Gasteiger partial charge on any atom is 4.00 e. The Bertz CT molecular complexity index is 150. The molecule has 0 spiro atoms. The van der Waals surface area contributed by atoms with Crippen molar-refractivity contribution in [2.75, 3.05) is 0 Å². The van der Waals surface area contributed by atoms with Crippen molar-refractivity contribution < 1.29 is 58.9 Å². The molecule has 0 heterocycles. The van der Waals surface area contributed by atoms with Crippen molar-refractivity contribution in [2.45, 2.75) is 12.8 Å². The predicted molar refractivity (Wildman–Crippen MR) is 38.8 cm³/mol. The quantitative estimate of drug-likeness (QED) is 0.304. The largest absolute Gasteiger partial charge is 4.00 e. The first-order valence-corrected chi connectivity index (χ1v) is 3.65. The first-order valence-electron chi connectivity index (χ1n) is 3.65. The summed E-state index contributed by atoms with van der Waals surface area (Å²) in [6.45, 7) is 0. The number of allylic oxidation sites excluding steroid dienone is 4. The molecule has 0 radical (unpaired) electrons. The van der Waals surface area contributed by atoms with Crippen molar-refractivity contribution in [2.24, 2.45) is 11.8 Å². The van der Waals surface area contributed by atoms with Crippen LogP contribution in [0.15, 0.2) is 24.3 Å². The van der Waals surface area contributed by atoms with E-state index < -0.39 is 0 Å². The molecule has 1 fully saturated rings. The van der Waals surface area contributed by atoms with Crippen LogP contribution in [0.5, 0.6) is 0 Å². The summed E-state index contributed by atoms with van der Waals surface area (Å²) < 4.78 is 0. The van der Waals surface area contributed by atoms with E-state index in [0.717, 1.165) is 11.8 Å². The molecule has 0 aliphatic heterocycles. The van der Waals surface area contributed by atoms with Crippen molar-refractivity contribution in [3.8, 4) is 0 Å². The van der Waals surface area contributed by atoms with Crippen molar-refractivity contribution in [1.29, 1.82) is 0 Å². The zero-order valence-corrected chi connectivity index (χ0v) is 10.9. The molecule has 72 valence electrons. The van der Waals surface area contributed by atoms with E-state index in [-0.39, 0.29) is 58.9 Å². The first kappa shape index (κ1) is 19.6. The molecule has 0 aromatic carbocycles. The molecular weight excluding hydrogens is 262 g/mol. The van der Waals surface area contributed by atoms with E-state index in [1.165, 1.54) is 12.8 Å². The van der Waals surface area contributed by atoms with E-state index in [0.29, 0.717) is 0 Å². The third-order valence-electron chi connectivity index (χ3n) is 2.24. The van der Waals surface area contributed by atoms with Crippen LogP contribution in [0.25, 0.3) is 0 Å². The fourth-order valence-electron chi connectivity index (χ4n) is 1.69. The Kier molecular flexibility index (Phi) is 14.5. The zero-order valence-electron chi connectivity index (χ0n) is 7.09. The third kappa shape index (κ3) is 4.90. The SMILES string of the molecule is C1=CC2[CH-]CCC2C=C1.[Cl-].[Cl-].[Cl-].[Ti+4]. The van der Waals surface area contributed by atoms with Gasteiger partial charge >= 0.3 is 21.7 Å². The van der Waals surface area contributed by atoms with E-state index in [1.807, 2.05) is 0 Å². The van der Waals surface area contributed by atoms with Crippen LogP contribution in [0.1, 0.15) is 12.8 Å². The predicted octanol–water partition coefficient (Wildman–Crippen LogP) is -6.65. The molecule has 2 aliphatic rings. The monoisotopic (exact) mass is 272 g/mol. The summed E-state index contributed by atoms with van der Waals surface area (Å²) in [7, 11) is 0. The van der Waals surface area contributed by atoms with E-state index in [9.17, 15) is 0 Å². The Labute approximate surface area is 114 Å². The molecule has 0 bridgehead atoms. The summed E-state index contributed by atoms with van der Waals surface area (Å²) in [4.78, 5) is 0. The molecule has 2 aliphatic carbocycles. The molecule has 0 amide bonds. The third-order valence-corrected chi connectivity index (χ3v) is 2.24. The van der Waals surface area contributed by atoms with Crippen LogP contribution in [0.4, 0.5) is 0 Å². The second-order valence-corrected chi connectivity index (χ2v) is 2.82. The molecule has 2 rings (SSSR count). The van der Waals surface area contributed by atoms with Gasteiger partial charge in [-0.15, -0.1) is 12.0 Å². The maximum absolute atomic E-state index is 2.42. The summed E-state index contributed by atoms with van der Waals surface area (Å²) >= 11 is 0. The van der Waals surface area contributed by atoms with E-state index in [1.54, 1.807) is 0 Å². The van der Waals surface area contributed by atoms with Gasteiger partial charge in [-0.2, -0.15) is 6.42 Å². The smallest absolute Gasteiger partial charge is 1.00 e.